The predicted octanol–water partition coefficient (Wildman–Crippen LogP) is 1.93. The number of amides is 1. The Bertz CT molecular complexity index is 809. The van der Waals surface area contributed by atoms with E-state index < -0.39 is 0 Å². The summed E-state index contributed by atoms with van der Waals surface area (Å²) in [5.41, 5.74) is 1.08. The first kappa shape index (κ1) is 19.0. The van der Waals surface area contributed by atoms with Crippen LogP contribution in [-0.2, 0) is 11.2 Å². The van der Waals surface area contributed by atoms with Crippen molar-refractivity contribution in [2.75, 3.05) is 27.7 Å². The third-order valence-electron chi connectivity index (χ3n) is 4.68. The minimum absolute atomic E-state index is 0.0555. The normalized spacial score (nSPS) is 11.8. The SMILES string of the molecule is COc1ccc2[nH]c(=O)c(CCC(=O)NCC(C)(C)N(C)C)cc2c1. The molecule has 2 rings (SSSR count). The Kier molecular flexibility index (Phi) is 5.85. The summed E-state index contributed by atoms with van der Waals surface area (Å²) in [4.78, 5) is 29.2. The zero-order chi connectivity index (χ0) is 18.6. The summed E-state index contributed by atoms with van der Waals surface area (Å²) in [5, 5.41) is 3.83. The predicted molar refractivity (Wildman–Crippen MR) is 100 cm³/mol. The molecule has 1 heterocycles. The molecule has 0 radical (unpaired) electrons. The third kappa shape index (κ3) is 4.82. The smallest absolute Gasteiger partial charge is 0.251 e. The third-order valence-corrected chi connectivity index (χ3v) is 4.68. The molecule has 0 aliphatic carbocycles. The number of fused-ring (bicyclic) bond motifs is 1. The van der Waals surface area contributed by atoms with Gasteiger partial charge in [-0.2, -0.15) is 0 Å². The maximum Gasteiger partial charge on any atom is 0.251 e. The zero-order valence-electron chi connectivity index (χ0n) is 15.6. The number of nitrogens with zero attached hydrogens (tertiary/aromatic N) is 1. The van der Waals surface area contributed by atoms with Crippen LogP contribution >= 0.6 is 0 Å². The van der Waals surface area contributed by atoms with Crippen molar-refractivity contribution in [3.8, 4) is 5.75 Å². The lowest BCUT2D eigenvalue weighted by Gasteiger charge is -2.32. The van der Waals surface area contributed by atoms with Gasteiger partial charge in [-0.3, -0.25) is 9.59 Å². The van der Waals surface area contributed by atoms with Crippen LogP contribution in [0.25, 0.3) is 10.9 Å². The number of benzene rings is 1. The molecule has 2 aromatic rings. The maximum atomic E-state index is 12.2. The van der Waals surface area contributed by atoms with Crippen molar-refractivity contribution in [1.29, 1.82) is 0 Å². The van der Waals surface area contributed by atoms with Crippen LogP contribution in [0, 0.1) is 0 Å². The van der Waals surface area contributed by atoms with E-state index in [9.17, 15) is 9.59 Å². The fraction of sp³-hybridized carbons (Fsp3) is 0.474. The van der Waals surface area contributed by atoms with Gasteiger partial charge in [0, 0.05) is 35.0 Å². The first-order valence-electron chi connectivity index (χ1n) is 8.37. The molecule has 1 aromatic carbocycles. The van der Waals surface area contributed by atoms with Gasteiger partial charge in [0.1, 0.15) is 5.75 Å². The van der Waals surface area contributed by atoms with Crippen molar-refractivity contribution in [1.82, 2.24) is 15.2 Å². The number of ether oxygens (including phenoxy) is 1. The van der Waals surface area contributed by atoms with E-state index in [-0.39, 0.29) is 23.4 Å². The van der Waals surface area contributed by atoms with Crippen LogP contribution in [0.1, 0.15) is 25.8 Å². The van der Waals surface area contributed by atoms with Crippen molar-refractivity contribution in [3.63, 3.8) is 0 Å². The summed E-state index contributed by atoms with van der Waals surface area (Å²) in [5.74, 6) is 0.675. The average Bonchev–Trinajstić information content (AvgIpc) is 2.57. The Morgan fingerprint density at radius 2 is 2.00 bits per heavy atom. The molecule has 6 nitrogen and oxygen atoms in total. The minimum Gasteiger partial charge on any atom is -0.497 e. The number of aromatic amines is 1. The van der Waals surface area contributed by atoms with E-state index in [0.717, 1.165) is 16.7 Å². The summed E-state index contributed by atoms with van der Waals surface area (Å²) in [6.07, 6.45) is 0.679. The molecule has 0 saturated carbocycles. The molecule has 0 fully saturated rings. The monoisotopic (exact) mass is 345 g/mol. The standard InChI is InChI=1S/C19H27N3O3/c1-19(2,22(3)4)12-20-17(23)9-6-13-10-14-11-15(25-5)7-8-16(14)21-18(13)24/h7-8,10-11H,6,9,12H2,1-5H3,(H,20,23)(H,21,24). The Labute approximate surface area is 148 Å². The van der Waals surface area contributed by atoms with Crippen molar-refractivity contribution in [2.45, 2.75) is 32.2 Å². The number of hydrogen-bond acceptors (Lipinski definition) is 4. The summed E-state index contributed by atoms with van der Waals surface area (Å²) in [7, 11) is 5.57. The van der Waals surface area contributed by atoms with Gasteiger partial charge in [0.15, 0.2) is 0 Å². The second-order valence-electron chi connectivity index (χ2n) is 7.06. The van der Waals surface area contributed by atoms with Gasteiger partial charge >= 0.3 is 0 Å². The van der Waals surface area contributed by atoms with Crippen LogP contribution in [0.4, 0.5) is 0 Å². The lowest BCUT2D eigenvalue weighted by molar-refractivity contribution is -0.121. The number of likely N-dealkylation sites (N-methyl/N-ethyl adjacent to an activating group) is 1. The van der Waals surface area contributed by atoms with Crippen molar-refractivity contribution < 1.29 is 9.53 Å². The van der Waals surface area contributed by atoms with E-state index in [1.807, 2.05) is 32.3 Å². The number of carbonyl (C=O) groups is 1. The van der Waals surface area contributed by atoms with Gasteiger partial charge in [-0.05, 0) is 58.6 Å². The van der Waals surface area contributed by atoms with Gasteiger partial charge < -0.3 is 19.9 Å². The highest BCUT2D eigenvalue weighted by molar-refractivity contribution is 5.81. The largest absolute Gasteiger partial charge is 0.497 e. The Hall–Kier alpha value is -2.34. The number of methoxy groups -OCH3 is 1. The van der Waals surface area contributed by atoms with Crippen LogP contribution in [-0.4, -0.2) is 49.1 Å². The Balaban J connectivity index is 2.03. The molecule has 0 aliphatic heterocycles. The minimum atomic E-state index is -0.154. The molecule has 1 amide bonds. The fourth-order valence-corrected chi connectivity index (χ4v) is 2.35. The second-order valence-corrected chi connectivity index (χ2v) is 7.06. The molecule has 0 unspecified atom stereocenters. The van der Waals surface area contributed by atoms with E-state index in [1.54, 1.807) is 13.2 Å². The van der Waals surface area contributed by atoms with E-state index in [0.29, 0.717) is 18.5 Å². The molecular formula is C19H27N3O3. The quantitative estimate of drug-likeness (QED) is 0.804. The van der Waals surface area contributed by atoms with Crippen LogP contribution in [0.2, 0.25) is 0 Å². The van der Waals surface area contributed by atoms with E-state index in [1.165, 1.54) is 0 Å². The topological polar surface area (TPSA) is 74.4 Å². The first-order valence-corrected chi connectivity index (χ1v) is 8.37. The number of aryl methyl sites for hydroxylation is 1. The highest BCUT2D eigenvalue weighted by atomic mass is 16.5. The molecule has 25 heavy (non-hydrogen) atoms. The molecule has 0 spiro atoms. The second kappa shape index (κ2) is 7.70. The van der Waals surface area contributed by atoms with Crippen LogP contribution in [0.3, 0.4) is 0 Å². The number of nitrogens with one attached hydrogen (secondary N) is 2. The number of H-pyrrole nitrogens is 1. The van der Waals surface area contributed by atoms with E-state index in [2.05, 4.69) is 29.0 Å². The van der Waals surface area contributed by atoms with Gasteiger partial charge in [-0.15, -0.1) is 0 Å². The van der Waals surface area contributed by atoms with Crippen LogP contribution in [0.5, 0.6) is 5.75 Å². The first-order chi connectivity index (χ1) is 11.7. The lowest BCUT2D eigenvalue weighted by Crippen LogP contribution is -2.48. The molecule has 6 heteroatoms. The fourth-order valence-electron chi connectivity index (χ4n) is 2.35. The van der Waals surface area contributed by atoms with Gasteiger partial charge in [0.05, 0.1) is 7.11 Å². The molecule has 136 valence electrons. The van der Waals surface area contributed by atoms with Crippen molar-refractivity contribution in [2.24, 2.45) is 0 Å². The van der Waals surface area contributed by atoms with E-state index >= 15 is 0 Å². The molecular weight excluding hydrogens is 318 g/mol. The zero-order valence-corrected chi connectivity index (χ0v) is 15.6. The van der Waals surface area contributed by atoms with Gasteiger partial charge in [-0.25, -0.2) is 0 Å². The van der Waals surface area contributed by atoms with Gasteiger partial charge in [0.2, 0.25) is 5.91 Å². The molecule has 0 bridgehead atoms. The summed E-state index contributed by atoms with van der Waals surface area (Å²) in [6.45, 7) is 4.69. The highest BCUT2D eigenvalue weighted by Gasteiger charge is 2.21. The van der Waals surface area contributed by atoms with Crippen molar-refractivity contribution >= 4 is 16.8 Å². The van der Waals surface area contributed by atoms with Crippen LogP contribution in [0.15, 0.2) is 29.1 Å². The van der Waals surface area contributed by atoms with Crippen LogP contribution < -0.4 is 15.6 Å². The number of hydrogen-bond donors (Lipinski definition) is 2. The van der Waals surface area contributed by atoms with Crippen molar-refractivity contribution in [3.05, 3.63) is 40.2 Å². The summed E-state index contributed by atoms with van der Waals surface area (Å²) < 4.78 is 5.21. The van der Waals surface area contributed by atoms with E-state index in [4.69, 9.17) is 4.74 Å². The number of rotatable bonds is 7. The molecule has 0 atom stereocenters. The summed E-state index contributed by atoms with van der Waals surface area (Å²) in [6, 6.07) is 7.31. The Morgan fingerprint density at radius 1 is 1.28 bits per heavy atom. The number of aromatic nitrogens is 1. The molecule has 0 aliphatic rings. The average molecular weight is 345 g/mol. The molecule has 2 N–H and O–H groups in total. The summed E-state index contributed by atoms with van der Waals surface area (Å²) >= 11 is 0. The number of carbonyl (C=O) groups excluding carboxylic acids is 1. The maximum absolute atomic E-state index is 12.2. The van der Waals surface area contributed by atoms with Gasteiger partial charge in [0.25, 0.3) is 5.56 Å². The lowest BCUT2D eigenvalue weighted by atomic mass is 10.0. The Morgan fingerprint density at radius 3 is 2.64 bits per heavy atom. The molecule has 0 saturated heterocycles. The number of pyridine rings is 1. The molecule has 1 aromatic heterocycles. The van der Waals surface area contributed by atoms with Gasteiger partial charge in [-0.1, -0.05) is 0 Å². The highest BCUT2D eigenvalue weighted by Crippen LogP contribution is 2.19.